The third-order valence-corrected chi connectivity index (χ3v) is 8.18. The van der Waals surface area contributed by atoms with E-state index in [9.17, 15) is 8.78 Å². The summed E-state index contributed by atoms with van der Waals surface area (Å²) in [5, 5.41) is 0. The number of allylic oxidation sites excluding steroid dienone is 2. The fraction of sp³-hybridized carbons (Fsp3) is 0.429. The van der Waals surface area contributed by atoms with E-state index in [2.05, 4.69) is 13.0 Å². The fourth-order valence-corrected chi connectivity index (χ4v) is 5.85. The SMILES string of the molecule is CC/C=C/CCc1ccc(-c2ccc(-c3ccc(C4CCC(CCCCC)CC4)cc3F)cc2)c(F)c1F. The van der Waals surface area contributed by atoms with Crippen molar-refractivity contribution < 1.29 is 13.2 Å². The molecule has 0 atom stereocenters. The van der Waals surface area contributed by atoms with Crippen LogP contribution in [0.25, 0.3) is 22.3 Å². The molecule has 38 heavy (non-hydrogen) atoms. The van der Waals surface area contributed by atoms with Crippen molar-refractivity contribution in [3.05, 3.63) is 95.3 Å². The first-order valence-electron chi connectivity index (χ1n) is 14.5. The van der Waals surface area contributed by atoms with Crippen LogP contribution in [0.4, 0.5) is 13.2 Å². The smallest absolute Gasteiger partial charge is 0.166 e. The van der Waals surface area contributed by atoms with Gasteiger partial charge in [0, 0.05) is 11.1 Å². The number of benzene rings is 3. The lowest BCUT2D eigenvalue weighted by Gasteiger charge is -2.29. The lowest BCUT2D eigenvalue weighted by atomic mass is 9.77. The quantitative estimate of drug-likeness (QED) is 0.175. The second-order valence-electron chi connectivity index (χ2n) is 10.8. The molecule has 0 nitrogen and oxygen atoms in total. The van der Waals surface area contributed by atoms with Crippen molar-refractivity contribution in [1.29, 1.82) is 0 Å². The molecule has 202 valence electrons. The normalized spacial score (nSPS) is 17.8. The Kier molecular flexibility index (Phi) is 10.3. The zero-order valence-corrected chi connectivity index (χ0v) is 22.9. The van der Waals surface area contributed by atoms with Crippen molar-refractivity contribution in [3.63, 3.8) is 0 Å². The summed E-state index contributed by atoms with van der Waals surface area (Å²) in [5.41, 5.74) is 3.56. The summed E-state index contributed by atoms with van der Waals surface area (Å²) in [5.74, 6) is -0.567. The molecule has 3 aromatic carbocycles. The Labute approximate surface area is 227 Å². The highest BCUT2D eigenvalue weighted by atomic mass is 19.2. The molecular formula is C35H41F3. The number of unbranched alkanes of at least 4 members (excludes halogenated alkanes) is 2. The van der Waals surface area contributed by atoms with Gasteiger partial charge in [-0.25, -0.2) is 13.2 Å². The summed E-state index contributed by atoms with van der Waals surface area (Å²) in [6.45, 7) is 4.29. The van der Waals surface area contributed by atoms with Gasteiger partial charge in [0.2, 0.25) is 0 Å². The van der Waals surface area contributed by atoms with Crippen molar-refractivity contribution in [2.75, 3.05) is 0 Å². The Bertz CT molecular complexity index is 1200. The second kappa shape index (κ2) is 13.8. The minimum absolute atomic E-state index is 0.223. The van der Waals surface area contributed by atoms with Crippen molar-refractivity contribution in [2.24, 2.45) is 5.92 Å². The van der Waals surface area contributed by atoms with E-state index in [-0.39, 0.29) is 11.4 Å². The largest absolute Gasteiger partial charge is 0.206 e. The Hall–Kier alpha value is -2.81. The Morgan fingerprint density at radius 2 is 1.42 bits per heavy atom. The highest BCUT2D eigenvalue weighted by molar-refractivity contribution is 5.71. The molecule has 0 bridgehead atoms. The molecule has 0 radical (unpaired) electrons. The molecule has 3 aromatic rings. The van der Waals surface area contributed by atoms with E-state index in [0.717, 1.165) is 36.3 Å². The Balaban J connectivity index is 1.42. The maximum absolute atomic E-state index is 15.2. The van der Waals surface area contributed by atoms with E-state index in [1.165, 1.54) is 38.5 Å². The maximum atomic E-state index is 15.2. The fourth-order valence-electron chi connectivity index (χ4n) is 5.85. The molecular weight excluding hydrogens is 477 g/mol. The van der Waals surface area contributed by atoms with Crippen molar-refractivity contribution in [3.8, 4) is 22.3 Å². The Morgan fingerprint density at radius 1 is 0.737 bits per heavy atom. The van der Waals surface area contributed by atoms with Gasteiger partial charge in [0.25, 0.3) is 0 Å². The number of rotatable bonds is 11. The van der Waals surface area contributed by atoms with Crippen molar-refractivity contribution in [1.82, 2.24) is 0 Å². The zero-order valence-electron chi connectivity index (χ0n) is 22.9. The average Bonchev–Trinajstić information content (AvgIpc) is 2.94. The van der Waals surface area contributed by atoms with Gasteiger partial charge >= 0.3 is 0 Å². The van der Waals surface area contributed by atoms with Crippen LogP contribution in [-0.4, -0.2) is 0 Å². The third kappa shape index (κ3) is 6.98. The summed E-state index contributed by atoms with van der Waals surface area (Å²) in [6.07, 6.45) is 16.1. The van der Waals surface area contributed by atoms with Gasteiger partial charge in [-0.15, -0.1) is 0 Å². The van der Waals surface area contributed by atoms with E-state index in [1.54, 1.807) is 42.5 Å². The molecule has 0 heterocycles. The van der Waals surface area contributed by atoms with Gasteiger partial charge in [0.05, 0.1) is 0 Å². The van der Waals surface area contributed by atoms with Crippen LogP contribution < -0.4 is 0 Å². The summed E-state index contributed by atoms with van der Waals surface area (Å²) >= 11 is 0. The van der Waals surface area contributed by atoms with Gasteiger partial charge in [-0.05, 0) is 85.1 Å². The minimum Gasteiger partial charge on any atom is -0.206 e. The summed E-state index contributed by atoms with van der Waals surface area (Å²) < 4.78 is 44.8. The summed E-state index contributed by atoms with van der Waals surface area (Å²) in [4.78, 5) is 0. The number of hydrogen-bond acceptors (Lipinski definition) is 0. The highest BCUT2D eigenvalue weighted by Crippen LogP contribution is 2.39. The molecule has 0 amide bonds. The molecule has 0 spiro atoms. The van der Waals surface area contributed by atoms with Gasteiger partial charge in [0.1, 0.15) is 5.82 Å². The average molecular weight is 519 g/mol. The molecule has 3 heteroatoms. The number of aryl methyl sites for hydroxylation is 1. The van der Waals surface area contributed by atoms with E-state index in [4.69, 9.17) is 0 Å². The van der Waals surface area contributed by atoms with Crippen LogP contribution in [0.2, 0.25) is 0 Å². The molecule has 4 rings (SSSR count). The van der Waals surface area contributed by atoms with Gasteiger partial charge < -0.3 is 0 Å². The zero-order chi connectivity index (χ0) is 26.9. The van der Waals surface area contributed by atoms with E-state index in [0.29, 0.717) is 35.4 Å². The van der Waals surface area contributed by atoms with Crippen LogP contribution >= 0.6 is 0 Å². The summed E-state index contributed by atoms with van der Waals surface area (Å²) in [7, 11) is 0. The maximum Gasteiger partial charge on any atom is 0.166 e. The first kappa shape index (κ1) is 28.2. The molecule has 1 saturated carbocycles. The third-order valence-electron chi connectivity index (χ3n) is 8.18. The lowest BCUT2D eigenvalue weighted by Crippen LogP contribution is -2.13. The second-order valence-corrected chi connectivity index (χ2v) is 10.8. The monoisotopic (exact) mass is 518 g/mol. The summed E-state index contributed by atoms with van der Waals surface area (Å²) in [6, 6.07) is 16.0. The minimum atomic E-state index is -0.828. The standard InChI is InChI=1S/C35H41F3/c1-3-5-7-9-11-29-20-23-32(35(38)34(29)37)28-18-16-27(17-19-28)31-22-21-30(24-33(31)36)26-14-12-25(13-15-26)10-8-6-4-2/h5,7,16-26H,3-4,6,8-15H2,1-2H3/b7-5+. The number of halogens is 3. The molecule has 1 aliphatic carbocycles. The highest BCUT2D eigenvalue weighted by Gasteiger charge is 2.23. The molecule has 1 aliphatic rings. The number of hydrogen-bond donors (Lipinski definition) is 0. The van der Waals surface area contributed by atoms with E-state index in [1.807, 2.05) is 25.1 Å². The molecule has 0 aromatic heterocycles. The first-order valence-corrected chi connectivity index (χ1v) is 14.5. The topological polar surface area (TPSA) is 0 Å². The van der Waals surface area contributed by atoms with Crippen LogP contribution in [0.15, 0.2) is 66.7 Å². The van der Waals surface area contributed by atoms with Crippen molar-refractivity contribution >= 4 is 0 Å². The molecule has 0 N–H and O–H groups in total. The van der Waals surface area contributed by atoms with E-state index < -0.39 is 11.6 Å². The van der Waals surface area contributed by atoms with E-state index >= 15 is 4.39 Å². The Morgan fingerprint density at radius 3 is 2.08 bits per heavy atom. The van der Waals surface area contributed by atoms with Crippen LogP contribution in [0.3, 0.4) is 0 Å². The molecule has 1 fully saturated rings. The van der Waals surface area contributed by atoms with Gasteiger partial charge in [-0.1, -0.05) is 100 Å². The van der Waals surface area contributed by atoms with Crippen LogP contribution in [0.5, 0.6) is 0 Å². The lowest BCUT2D eigenvalue weighted by molar-refractivity contribution is 0.302. The van der Waals surface area contributed by atoms with Crippen molar-refractivity contribution in [2.45, 2.75) is 90.4 Å². The molecule has 0 aliphatic heterocycles. The van der Waals surface area contributed by atoms with Crippen LogP contribution in [0.1, 0.15) is 95.1 Å². The first-order chi connectivity index (χ1) is 18.5. The van der Waals surface area contributed by atoms with Crippen LogP contribution in [0, 0.1) is 23.4 Å². The van der Waals surface area contributed by atoms with Crippen LogP contribution in [-0.2, 0) is 6.42 Å². The predicted octanol–water partition coefficient (Wildman–Crippen LogP) is 11.2. The van der Waals surface area contributed by atoms with Gasteiger partial charge in [-0.2, -0.15) is 0 Å². The molecule has 0 saturated heterocycles. The molecule has 0 unspecified atom stereocenters. The predicted molar refractivity (Wildman–Crippen MR) is 154 cm³/mol. The van der Waals surface area contributed by atoms with Gasteiger partial charge in [-0.3, -0.25) is 0 Å². The van der Waals surface area contributed by atoms with Gasteiger partial charge in [0.15, 0.2) is 11.6 Å².